The number of imidazole rings is 1. The Balaban J connectivity index is 1.71. The monoisotopic (exact) mass is 567 g/mol. The van der Waals surface area contributed by atoms with Crippen LogP contribution in [0.5, 0.6) is 0 Å². The van der Waals surface area contributed by atoms with Crippen LogP contribution in [0.4, 0.5) is 4.79 Å². The van der Waals surface area contributed by atoms with Crippen LogP contribution in [0.1, 0.15) is 68.6 Å². The topological polar surface area (TPSA) is 82.4 Å². The van der Waals surface area contributed by atoms with E-state index >= 15 is 0 Å². The van der Waals surface area contributed by atoms with Gasteiger partial charge in [0.15, 0.2) is 0 Å². The number of nitrogens with one attached hydrogen (secondary N) is 1. The summed E-state index contributed by atoms with van der Waals surface area (Å²) in [6, 6.07) is 30.7. The molecule has 0 fully saturated rings. The third-order valence-electron chi connectivity index (χ3n) is 7.31. The maximum Gasteiger partial charge on any atom is 0.408 e. The number of carbonyl (C=O) groups excluding carboxylic acids is 2. The summed E-state index contributed by atoms with van der Waals surface area (Å²) in [7, 11) is 1.32. The molecule has 0 bridgehead atoms. The molecule has 0 saturated heterocycles. The van der Waals surface area contributed by atoms with Crippen molar-refractivity contribution in [1.82, 2.24) is 14.9 Å². The van der Waals surface area contributed by atoms with Crippen molar-refractivity contribution in [3.63, 3.8) is 0 Å². The molecule has 0 aliphatic heterocycles. The number of carbonyl (C=O) groups is 2. The van der Waals surface area contributed by atoms with E-state index in [1.807, 2.05) is 24.5 Å². The van der Waals surface area contributed by atoms with E-state index in [0.29, 0.717) is 19.3 Å². The molecule has 1 aromatic heterocycles. The largest absolute Gasteiger partial charge is 0.467 e. The second kappa shape index (κ2) is 13.5. The Morgan fingerprint density at radius 1 is 0.857 bits per heavy atom. The van der Waals surface area contributed by atoms with Gasteiger partial charge in [-0.2, -0.15) is 0 Å². The van der Waals surface area contributed by atoms with Gasteiger partial charge in [0.05, 0.1) is 19.1 Å². The van der Waals surface area contributed by atoms with Crippen molar-refractivity contribution in [2.24, 2.45) is 0 Å². The van der Waals surface area contributed by atoms with Gasteiger partial charge in [-0.15, -0.1) is 0 Å². The average molecular weight is 568 g/mol. The van der Waals surface area contributed by atoms with Crippen LogP contribution in [0.3, 0.4) is 0 Å². The molecule has 220 valence electrons. The third kappa shape index (κ3) is 6.73. The minimum atomic E-state index is -0.811. The molecule has 42 heavy (non-hydrogen) atoms. The average Bonchev–Trinajstić information content (AvgIpc) is 3.40. The van der Waals surface area contributed by atoms with Crippen LogP contribution < -0.4 is 5.32 Å². The lowest BCUT2D eigenvalue weighted by Crippen LogP contribution is -2.44. The molecule has 0 saturated carbocycles. The van der Waals surface area contributed by atoms with Crippen LogP contribution in [0, 0.1) is 0 Å². The second-order valence-corrected chi connectivity index (χ2v) is 11.3. The van der Waals surface area contributed by atoms with Gasteiger partial charge in [0.1, 0.15) is 17.2 Å². The SMILES string of the molecule is CCc1c(CCC[C@H](NC(=O)OC(C)(C)C)C(=O)OC)ncn1C(c1ccccc1)(c1ccccc1)c1ccccc1. The first kappa shape index (κ1) is 30.6. The number of rotatable bonds is 11. The van der Waals surface area contributed by atoms with E-state index < -0.39 is 29.2 Å². The van der Waals surface area contributed by atoms with Gasteiger partial charge in [0.25, 0.3) is 0 Å². The maximum atomic E-state index is 12.5. The Labute approximate surface area is 248 Å². The first-order chi connectivity index (χ1) is 20.2. The van der Waals surface area contributed by atoms with Gasteiger partial charge in [0, 0.05) is 5.69 Å². The summed E-state index contributed by atoms with van der Waals surface area (Å²) >= 11 is 0. The summed E-state index contributed by atoms with van der Waals surface area (Å²) in [5, 5.41) is 2.67. The smallest absolute Gasteiger partial charge is 0.408 e. The standard InChI is InChI=1S/C35H41N3O4/c1-6-31-29(23-16-24-30(32(39)41-5)37-33(40)42-34(2,3)4)36-25-38(31)35(26-17-10-7-11-18-26,27-19-12-8-13-20-27)28-21-14-9-15-22-28/h7-15,17-22,25,30H,6,16,23-24H2,1-5H3,(H,37,40)/t30-/m0/s1. The van der Waals surface area contributed by atoms with E-state index in [4.69, 9.17) is 14.5 Å². The number of methoxy groups -OCH3 is 1. The number of hydrogen-bond acceptors (Lipinski definition) is 5. The third-order valence-corrected chi connectivity index (χ3v) is 7.31. The summed E-state index contributed by atoms with van der Waals surface area (Å²) in [5.74, 6) is -0.502. The summed E-state index contributed by atoms with van der Waals surface area (Å²) in [6.45, 7) is 7.48. The highest BCUT2D eigenvalue weighted by atomic mass is 16.6. The molecule has 0 unspecified atom stereocenters. The first-order valence-electron chi connectivity index (χ1n) is 14.5. The molecule has 0 spiro atoms. The predicted molar refractivity (Wildman–Crippen MR) is 164 cm³/mol. The van der Waals surface area contributed by atoms with Crippen LogP contribution in [-0.2, 0) is 32.6 Å². The van der Waals surface area contributed by atoms with Crippen LogP contribution >= 0.6 is 0 Å². The second-order valence-electron chi connectivity index (χ2n) is 11.3. The zero-order chi connectivity index (χ0) is 30.2. The summed E-state index contributed by atoms with van der Waals surface area (Å²) in [6.07, 6.45) is 3.71. The Morgan fingerprint density at radius 3 is 1.79 bits per heavy atom. The normalized spacial score (nSPS) is 12.4. The van der Waals surface area contributed by atoms with Crippen molar-refractivity contribution in [2.45, 2.75) is 70.6 Å². The van der Waals surface area contributed by atoms with E-state index in [0.717, 1.165) is 34.5 Å². The Kier molecular flexibility index (Phi) is 9.84. The number of benzene rings is 3. The van der Waals surface area contributed by atoms with E-state index in [9.17, 15) is 9.59 Å². The lowest BCUT2D eigenvalue weighted by Gasteiger charge is -2.38. The van der Waals surface area contributed by atoms with Gasteiger partial charge in [-0.05, 0) is 63.1 Å². The van der Waals surface area contributed by atoms with E-state index in [1.165, 1.54) is 7.11 Å². The van der Waals surface area contributed by atoms with Crippen LogP contribution in [0.25, 0.3) is 0 Å². The molecular formula is C35H41N3O4. The number of amides is 1. The molecule has 7 heteroatoms. The number of alkyl carbamates (subject to hydrolysis) is 1. The van der Waals surface area contributed by atoms with Gasteiger partial charge in [0.2, 0.25) is 0 Å². The minimum Gasteiger partial charge on any atom is -0.467 e. The van der Waals surface area contributed by atoms with Crippen molar-refractivity contribution < 1.29 is 19.1 Å². The van der Waals surface area contributed by atoms with Crippen molar-refractivity contribution in [2.75, 3.05) is 7.11 Å². The molecule has 4 rings (SSSR count). The lowest BCUT2D eigenvalue weighted by atomic mass is 9.76. The molecule has 7 nitrogen and oxygen atoms in total. The van der Waals surface area contributed by atoms with Gasteiger partial charge in [-0.25, -0.2) is 14.6 Å². The number of ether oxygens (including phenoxy) is 2. The molecule has 0 aliphatic carbocycles. The summed E-state index contributed by atoms with van der Waals surface area (Å²) in [5.41, 5.74) is 4.16. The fourth-order valence-corrected chi connectivity index (χ4v) is 5.55. The number of aryl methyl sites for hydroxylation is 1. The Hall–Kier alpha value is -4.39. The van der Waals surface area contributed by atoms with Gasteiger partial charge >= 0.3 is 12.1 Å². The Bertz CT molecular complexity index is 1350. The first-order valence-corrected chi connectivity index (χ1v) is 14.5. The number of hydrogen-bond donors (Lipinski definition) is 1. The highest BCUT2D eigenvalue weighted by Gasteiger charge is 2.40. The van der Waals surface area contributed by atoms with Gasteiger partial charge in [-0.3, -0.25) is 0 Å². The van der Waals surface area contributed by atoms with Crippen molar-refractivity contribution >= 4 is 12.1 Å². The highest BCUT2D eigenvalue weighted by Crippen LogP contribution is 2.42. The summed E-state index contributed by atoms with van der Waals surface area (Å²) in [4.78, 5) is 29.8. The molecule has 0 radical (unpaired) electrons. The van der Waals surface area contributed by atoms with Gasteiger partial charge in [-0.1, -0.05) is 97.9 Å². The van der Waals surface area contributed by atoms with E-state index in [-0.39, 0.29) is 0 Å². The van der Waals surface area contributed by atoms with Crippen molar-refractivity contribution in [3.05, 3.63) is 125 Å². The fourth-order valence-electron chi connectivity index (χ4n) is 5.55. The molecular weight excluding hydrogens is 526 g/mol. The molecule has 1 atom stereocenters. The molecule has 4 aromatic rings. The fraction of sp³-hybridized carbons (Fsp3) is 0.343. The quantitative estimate of drug-likeness (QED) is 0.162. The van der Waals surface area contributed by atoms with Crippen LogP contribution in [0.15, 0.2) is 97.3 Å². The number of esters is 1. The number of aromatic nitrogens is 2. The molecule has 0 aliphatic rings. The number of nitrogens with zero attached hydrogens (tertiary/aromatic N) is 2. The van der Waals surface area contributed by atoms with Crippen LogP contribution in [-0.4, -0.2) is 40.4 Å². The van der Waals surface area contributed by atoms with Gasteiger partial charge < -0.3 is 19.4 Å². The maximum absolute atomic E-state index is 12.5. The zero-order valence-electron chi connectivity index (χ0n) is 25.2. The highest BCUT2D eigenvalue weighted by molar-refractivity contribution is 5.81. The van der Waals surface area contributed by atoms with Crippen molar-refractivity contribution in [1.29, 1.82) is 0 Å². The molecule has 1 N–H and O–H groups in total. The van der Waals surface area contributed by atoms with Crippen LogP contribution in [0.2, 0.25) is 0 Å². The Morgan fingerprint density at radius 2 is 1.36 bits per heavy atom. The predicted octanol–water partition coefficient (Wildman–Crippen LogP) is 6.67. The van der Waals surface area contributed by atoms with E-state index in [1.54, 1.807) is 20.8 Å². The molecule has 3 aromatic carbocycles. The zero-order valence-corrected chi connectivity index (χ0v) is 25.2. The lowest BCUT2D eigenvalue weighted by molar-refractivity contribution is -0.143. The van der Waals surface area contributed by atoms with E-state index in [2.05, 4.69) is 89.6 Å². The summed E-state index contributed by atoms with van der Waals surface area (Å²) < 4.78 is 12.6. The molecule has 1 amide bonds. The molecule has 1 heterocycles. The van der Waals surface area contributed by atoms with Crippen molar-refractivity contribution in [3.8, 4) is 0 Å². The minimum absolute atomic E-state index is 0.392.